The van der Waals surface area contributed by atoms with Gasteiger partial charge in [0.1, 0.15) is 0 Å². The highest BCUT2D eigenvalue weighted by molar-refractivity contribution is 5.09. The van der Waals surface area contributed by atoms with Gasteiger partial charge >= 0.3 is 0 Å². The number of halogens is 1. The molecule has 0 amide bonds. The van der Waals surface area contributed by atoms with Crippen molar-refractivity contribution in [3.8, 4) is 0 Å². The highest BCUT2D eigenvalue weighted by atomic mass is 19.1. The van der Waals surface area contributed by atoms with Crippen molar-refractivity contribution in [2.75, 3.05) is 0 Å². The fourth-order valence-corrected chi connectivity index (χ4v) is 0.951. The molecule has 0 aromatic carbocycles. The van der Waals surface area contributed by atoms with Crippen molar-refractivity contribution in [2.45, 2.75) is 19.9 Å². The number of nitrogens with two attached hydrogens (primary N) is 1. The number of rotatable bonds is 2. The van der Waals surface area contributed by atoms with Gasteiger partial charge in [-0.15, -0.1) is 0 Å². The minimum atomic E-state index is -0.469. The molecule has 0 aliphatic heterocycles. The third kappa shape index (κ3) is 2.01. The maximum absolute atomic E-state index is 12.6. The van der Waals surface area contributed by atoms with E-state index in [4.69, 9.17) is 5.73 Å². The maximum Gasteiger partial charge on any atom is 0.213 e. The molecule has 2 nitrogen and oxygen atoms in total. The molecule has 1 aromatic rings. The van der Waals surface area contributed by atoms with Gasteiger partial charge in [0, 0.05) is 6.04 Å². The Bertz CT molecular complexity index is 260. The summed E-state index contributed by atoms with van der Waals surface area (Å²) in [7, 11) is 0. The Balaban J connectivity index is 2.88. The lowest BCUT2D eigenvalue weighted by molar-refractivity contribution is 0.487. The predicted molar refractivity (Wildman–Crippen MR) is 46.0 cm³/mol. The molecule has 0 aliphatic carbocycles. The molecule has 1 heterocycles. The van der Waals surface area contributed by atoms with Crippen molar-refractivity contribution in [1.82, 2.24) is 4.98 Å². The van der Waals surface area contributed by atoms with E-state index in [2.05, 4.69) is 4.98 Å². The van der Waals surface area contributed by atoms with E-state index in [9.17, 15) is 4.39 Å². The standard InChI is InChI=1S/C9H13FN2/c1-6(2)9(11)7-4-3-5-8(10)12-7/h3-6,9H,11H2,1-2H3. The quantitative estimate of drug-likeness (QED) is 0.685. The smallest absolute Gasteiger partial charge is 0.213 e. The van der Waals surface area contributed by atoms with Gasteiger partial charge in [-0.1, -0.05) is 19.9 Å². The lowest BCUT2D eigenvalue weighted by atomic mass is 10.0. The fraction of sp³-hybridized carbons (Fsp3) is 0.444. The summed E-state index contributed by atoms with van der Waals surface area (Å²) in [6.07, 6.45) is 0. The highest BCUT2D eigenvalue weighted by Gasteiger charge is 2.11. The van der Waals surface area contributed by atoms with Crippen LogP contribution in [0.15, 0.2) is 18.2 Å². The van der Waals surface area contributed by atoms with Crippen LogP contribution in [0, 0.1) is 11.9 Å². The number of hydrogen-bond donors (Lipinski definition) is 1. The van der Waals surface area contributed by atoms with Crippen LogP contribution in [-0.4, -0.2) is 4.98 Å². The molecule has 0 saturated carbocycles. The molecule has 0 fully saturated rings. The Morgan fingerprint density at radius 2 is 2.08 bits per heavy atom. The van der Waals surface area contributed by atoms with Crippen LogP contribution in [0.25, 0.3) is 0 Å². The summed E-state index contributed by atoms with van der Waals surface area (Å²) in [6.45, 7) is 3.97. The molecule has 0 bridgehead atoms. The lowest BCUT2D eigenvalue weighted by Crippen LogP contribution is -2.18. The summed E-state index contributed by atoms with van der Waals surface area (Å²) < 4.78 is 12.6. The van der Waals surface area contributed by atoms with E-state index in [0.29, 0.717) is 5.69 Å². The first-order chi connectivity index (χ1) is 5.61. The molecule has 66 valence electrons. The molecule has 0 radical (unpaired) electrons. The van der Waals surface area contributed by atoms with Gasteiger partial charge < -0.3 is 5.73 Å². The molecule has 1 atom stereocenters. The van der Waals surface area contributed by atoms with E-state index in [-0.39, 0.29) is 12.0 Å². The first kappa shape index (κ1) is 9.13. The van der Waals surface area contributed by atoms with E-state index in [0.717, 1.165) is 0 Å². The van der Waals surface area contributed by atoms with Crippen LogP contribution in [0.1, 0.15) is 25.6 Å². The van der Waals surface area contributed by atoms with Crippen molar-refractivity contribution < 1.29 is 4.39 Å². The van der Waals surface area contributed by atoms with Gasteiger partial charge in [-0.2, -0.15) is 4.39 Å². The number of aromatic nitrogens is 1. The number of hydrogen-bond acceptors (Lipinski definition) is 2. The van der Waals surface area contributed by atoms with Crippen molar-refractivity contribution in [3.05, 3.63) is 29.8 Å². The van der Waals surface area contributed by atoms with Crippen molar-refractivity contribution in [1.29, 1.82) is 0 Å². The molecule has 0 spiro atoms. The summed E-state index contributed by atoms with van der Waals surface area (Å²) in [5, 5.41) is 0. The zero-order valence-electron chi connectivity index (χ0n) is 7.29. The maximum atomic E-state index is 12.6. The van der Waals surface area contributed by atoms with Crippen molar-refractivity contribution in [3.63, 3.8) is 0 Å². The lowest BCUT2D eigenvalue weighted by Gasteiger charge is -2.14. The van der Waals surface area contributed by atoms with Crippen LogP contribution in [0.2, 0.25) is 0 Å². The second-order valence-electron chi connectivity index (χ2n) is 3.15. The Labute approximate surface area is 71.6 Å². The molecule has 3 heteroatoms. The summed E-state index contributed by atoms with van der Waals surface area (Å²) >= 11 is 0. The van der Waals surface area contributed by atoms with Crippen LogP contribution in [0.4, 0.5) is 4.39 Å². The average molecular weight is 168 g/mol. The van der Waals surface area contributed by atoms with E-state index in [1.807, 2.05) is 13.8 Å². The topological polar surface area (TPSA) is 38.9 Å². The van der Waals surface area contributed by atoms with E-state index < -0.39 is 5.95 Å². The highest BCUT2D eigenvalue weighted by Crippen LogP contribution is 2.16. The average Bonchev–Trinajstić information content (AvgIpc) is 2.03. The van der Waals surface area contributed by atoms with Crippen molar-refractivity contribution >= 4 is 0 Å². The first-order valence-corrected chi connectivity index (χ1v) is 3.99. The minimum absolute atomic E-state index is 0.180. The summed E-state index contributed by atoms with van der Waals surface area (Å²) in [5.41, 5.74) is 6.39. The third-order valence-electron chi connectivity index (χ3n) is 1.80. The molecular weight excluding hydrogens is 155 g/mol. The normalized spacial score (nSPS) is 13.4. The third-order valence-corrected chi connectivity index (χ3v) is 1.80. The van der Waals surface area contributed by atoms with Gasteiger partial charge in [-0.25, -0.2) is 4.98 Å². The van der Waals surface area contributed by atoms with E-state index in [1.165, 1.54) is 6.07 Å². The fourth-order valence-electron chi connectivity index (χ4n) is 0.951. The number of nitrogens with zero attached hydrogens (tertiary/aromatic N) is 1. The van der Waals surface area contributed by atoms with Gasteiger partial charge in [0.05, 0.1) is 5.69 Å². The SMILES string of the molecule is CC(C)C(N)c1cccc(F)n1. The molecule has 0 aliphatic rings. The molecule has 2 N–H and O–H groups in total. The summed E-state index contributed by atoms with van der Waals surface area (Å²) in [6, 6.07) is 4.50. The van der Waals surface area contributed by atoms with Gasteiger partial charge in [0.2, 0.25) is 5.95 Å². The van der Waals surface area contributed by atoms with Gasteiger partial charge in [-0.05, 0) is 18.1 Å². The number of pyridine rings is 1. The zero-order chi connectivity index (χ0) is 9.14. The Morgan fingerprint density at radius 1 is 1.42 bits per heavy atom. The molecule has 1 unspecified atom stereocenters. The van der Waals surface area contributed by atoms with Crippen LogP contribution >= 0.6 is 0 Å². The van der Waals surface area contributed by atoms with Crippen molar-refractivity contribution in [2.24, 2.45) is 11.7 Å². The Kier molecular flexibility index (Phi) is 2.76. The van der Waals surface area contributed by atoms with Crippen LogP contribution in [0.3, 0.4) is 0 Å². The zero-order valence-corrected chi connectivity index (χ0v) is 7.29. The van der Waals surface area contributed by atoms with Crippen LogP contribution in [-0.2, 0) is 0 Å². The summed E-state index contributed by atoms with van der Waals surface area (Å²) in [5.74, 6) is -0.192. The van der Waals surface area contributed by atoms with Gasteiger partial charge in [-0.3, -0.25) is 0 Å². The largest absolute Gasteiger partial charge is 0.322 e. The Hall–Kier alpha value is -0.960. The van der Waals surface area contributed by atoms with Crippen LogP contribution < -0.4 is 5.73 Å². The molecule has 0 saturated heterocycles. The molecular formula is C9H13FN2. The van der Waals surface area contributed by atoms with E-state index >= 15 is 0 Å². The molecule has 12 heavy (non-hydrogen) atoms. The Morgan fingerprint density at radius 3 is 2.58 bits per heavy atom. The minimum Gasteiger partial charge on any atom is -0.322 e. The molecule has 1 rings (SSSR count). The predicted octanol–water partition coefficient (Wildman–Crippen LogP) is 1.88. The van der Waals surface area contributed by atoms with Gasteiger partial charge in [0.15, 0.2) is 0 Å². The monoisotopic (exact) mass is 168 g/mol. The van der Waals surface area contributed by atoms with Gasteiger partial charge in [0.25, 0.3) is 0 Å². The van der Waals surface area contributed by atoms with E-state index in [1.54, 1.807) is 12.1 Å². The second kappa shape index (κ2) is 3.63. The first-order valence-electron chi connectivity index (χ1n) is 3.99. The van der Waals surface area contributed by atoms with Crippen LogP contribution in [0.5, 0.6) is 0 Å². The summed E-state index contributed by atoms with van der Waals surface area (Å²) in [4.78, 5) is 3.70. The molecule has 1 aromatic heterocycles. The second-order valence-corrected chi connectivity index (χ2v) is 3.15.